The minimum absolute atomic E-state index is 0.0780. The molecule has 3 fully saturated rings. The van der Waals surface area contributed by atoms with Gasteiger partial charge in [-0.2, -0.15) is 0 Å². The van der Waals surface area contributed by atoms with Gasteiger partial charge < -0.3 is 10.2 Å². The summed E-state index contributed by atoms with van der Waals surface area (Å²) in [5.74, 6) is 0.125. The van der Waals surface area contributed by atoms with E-state index in [0.717, 1.165) is 77.5 Å². The van der Waals surface area contributed by atoms with E-state index in [9.17, 15) is 14.4 Å². The summed E-state index contributed by atoms with van der Waals surface area (Å²) in [6.07, 6.45) is 11.8. The Morgan fingerprint density at radius 2 is 1.38 bits per heavy atom. The monoisotopic (exact) mass is 406 g/mol. The summed E-state index contributed by atoms with van der Waals surface area (Å²) >= 11 is 0. The summed E-state index contributed by atoms with van der Waals surface area (Å²) in [5.41, 5.74) is 0. The van der Waals surface area contributed by atoms with E-state index in [1.54, 1.807) is 0 Å². The van der Waals surface area contributed by atoms with Gasteiger partial charge in [0, 0.05) is 25.0 Å². The smallest absolute Gasteiger partial charge is 0.321 e. The van der Waals surface area contributed by atoms with E-state index in [1.807, 2.05) is 6.92 Å². The molecule has 0 radical (unpaired) electrons. The van der Waals surface area contributed by atoms with Crippen LogP contribution in [0.5, 0.6) is 0 Å². The number of likely N-dealkylation sites (tertiary alicyclic amines) is 2. The largest absolute Gasteiger partial charge is 0.342 e. The highest BCUT2D eigenvalue weighted by Crippen LogP contribution is 2.23. The Balaban J connectivity index is 1.40. The molecule has 0 aromatic rings. The van der Waals surface area contributed by atoms with Gasteiger partial charge in [0.2, 0.25) is 11.8 Å². The number of nitrogens with zero attached hydrogens (tertiary/aromatic N) is 2. The van der Waals surface area contributed by atoms with Gasteiger partial charge >= 0.3 is 6.03 Å². The number of hydrogen-bond donors (Lipinski definition) is 2. The molecule has 2 saturated heterocycles. The van der Waals surface area contributed by atoms with E-state index in [0.29, 0.717) is 5.91 Å². The minimum atomic E-state index is -0.375. The predicted molar refractivity (Wildman–Crippen MR) is 112 cm³/mol. The standard InChI is InChI=1S/C22H38N4O3/c1-17(20(27)24-22(29)23-19-9-5-4-6-10-19)25-15-11-18(12-16-25)21(28)26-13-7-2-3-8-14-26/h17-19H,2-16H2,1H3,(H2,23,24,27,29)/t17-/m1/s1. The van der Waals surface area contributed by atoms with Crippen LogP contribution in [-0.2, 0) is 9.59 Å². The molecular formula is C22H38N4O3. The first-order chi connectivity index (χ1) is 14.0. The second-order valence-electron chi connectivity index (χ2n) is 9.02. The lowest BCUT2D eigenvalue weighted by Gasteiger charge is -2.36. The third kappa shape index (κ3) is 6.43. The first-order valence-corrected chi connectivity index (χ1v) is 11.7. The fraction of sp³-hybridized carbons (Fsp3) is 0.864. The molecule has 4 amide bonds. The van der Waals surface area contributed by atoms with Gasteiger partial charge in [0.05, 0.1) is 6.04 Å². The zero-order valence-corrected chi connectivity index (χ0v) is 18.0. The summed E-state index contributed by atoms with van der Waals surface area (Å²) in [6.45, 7) is 5.09. The third-order valence-electron chi connectivity index (χ3n) is 6.90. The van der Waals surface area contributed by atoms with Gasteiger partial charge in [-0.3, -0.25) is 19.8 Å². The van der Waals surface area contributed by atoms with Crippen LogP contribution in [0.2, 0.25) is 0 Å². The van der Waals surface area contributed by atoms with Crippen molar-refractivity contribution in [1.82, 2.24) is 20.4 Å². The number of urea groups is 1. The van der Waals surface area contributed by atoms with E-state index < -0.39 is 0 Å². The first-order valence-electron chi connectivity index (χ1n) is 11.7. The van der Waals surface area contributed by atoms with Crippen molar-refractivity contribution in [2.45, 2.75) is 89.6 Å². The molecule has 1 saturated carbocycles. The van der Waals surface area contributed by atoms with Gasteiger partial charge in [-0.15, -0.1) is 0 Å². The summed E-state index contributed by atoms with van der Waals surface area (Å²) in [6, 6.07) is -0.547. The molecule has 2 aliphatic heterocycles. The van der Waals surface area contributed by atoms with E-state index in [1.165, 1.54) is 19.3 Å². The molecule has 164 valence electrons. The van der Waals surface area contributed by atoms with Crippen LogP contribution in [0, 0.1) is 5.92 Å². The highest BCUT2D eigenvalue weighted by Gasteiger charge is 2.32. The predicted octanol–water partition coefficient (Wildman–Crippen LogP) is 2.65. The summed E-state index contributed by atoms with van der Waals surface area (Å²) in [4.78, 5) is 41.6. The van der Waals surface area contributed by atoms with Crippen LogP contribution in [-0.4, -0.2) is 65.9 Å². The van der Waals surface area contributed by atoms with E-state index in [-0.39, 0.29) is 29.9 Å². The fourth-order valence-corrected chi connectivity index (χ4v) is 4.93. The molecule has 3 rings (SSSR count). The Kier molecular flexibility index (Phi) is 8.33. The van der Waals surface area contributed by atoms with Crippen molar-refractivity contribution in [2.24, 2.45) is 5.92 Å². The van der Waals surface area contributed by atoms with E-state index >= 15 is 0 Å². The highest BCUT2D eigenvalue weighted by atomic mass is 16.2. The van der Waals surface area contributed by atoms with Crippen molar-refractivity contribution >= 4 is 17.8 Å². The van der Waals surface area contributed by atoms with Crippen LogP contribution < -0.4 is 10.6 Å². The molecule has 3 aliphatic rings. The van der Waals surface area contributed by atoms with Gasteiger partial charge in [0.1, 0.15) is 0 Å². The molecule has 7 heteroatoms. The Morgan fingerprint density at radius 1 is 0.793 bits per heavy atom. The highest BCUT2D eigenvalue weighted by molar-refractivity contribution is 5.96. The maximum atomic E-state index is 12.8. The molecule has 0 bridgehead atoms. The lowest BCUT2D eigenvalue weighted by Crippen LogP contribution is -2.53. The number of carbonyl (C=O) groups is 3. The summed E-state index contributed by atoms with van der Waals surface area (Å²) < 4.78 is 0. The molecule has 0 aromatic heterocycles. The second-order valence-corrected chi connectivity index (χ2v) is 9.02. The van der Waals surface area contributed by atoms with Crippen molar-refractivity contribution in [1.29, 1.82) is 0 Å². The second kappa shape index (κ2) is 11.0. The molecule has 0 spiro atoms. The number of imide groups is 1. The number of piperidine rings is 1. The molecule has 29 heavy (non-hydrogen) atoms. The number of hydrogen-bond acceptors (Lipinski definition) is 4. The Hall–Kier alpha value is -1.63. The van der Waals surface area contributed by atoms with Crippen LogP contribution in [0.3, 0.4) is 0 Å². The Labute approximate surface area is 174 Å². The van der Waals surface area contributed by atoms with Crippen molar-refractivity contribution < 1.29 is 14.4 Å². The average Bonchev–Trinajstić information content (AvgIpc) is 3.03. The zero-order valence-electron chi connectivity index (χ0n) is 18.0. The van der Waals surface area contributed by atoms with Gasteiger partial charge in [-0.1, -0.05) is 32.1 Å². The third-order valence-corrected chi connectivity index (χ3v) is 6.90. The molecule has 1 atom stereocenters. The Bertz CT molecular complexity index is 560. The molecule has 2 heterocycles. The van der Waals surface area contributed by atoms with Crippen LogP contribution in [0.1, 0.15) is 77.6 Å². The van der Waals surface area contributed by atoms with Gasteiger partial charge in [-0.25, -0.2) is 4.79 Å². The average molecular weight is 407 g/mol. The molecule has 7 nitrogen and oxygen atoms in total. The number of carbonyl (C=O) groups excluding carboxylic acids is 3. The maximum Gasteiger partial charge on any atom is 0.321 e. The van der Waals surface area contributed by atoms with Gasteiger partial charge in [0.15, 0.2) is 0 Å². The first kappa shape index (κ1) is 22.1. The van der Waals surface area contributed by atoms with Gasteiger partial charge in [0.25, 0.3) is 0 Å². The van der Waals surface area contributed by atoms with Crippen molar-refractivity contribution in [3.8, 4) is 0 Å². The zero-order chi connectivity index (χ0) is 20.6. The summed E-state index contributed by atoms with van der Waals surface area (Å²) in [5, 5.41) is 5.44. The quantitative estimate of drug-likeness (QED) is 0.752. The van der Waals surface area contributed by atoms with Crippen LogP contribution >= 0.6 is 0 Å². The molecule has 0 unspecified atom stereocenters. The van der Waals surface area contributed by atoms with Crippen LogP contribution in [0.25, 0.3) is 0 Å². The van der Waals surface area contributed by atoms with Crippen LogP contribution in [0.4, 0.5) is 4.79 Å². The van der Waals surface area contributed by atoms with Crippen molar-refractivity contribution in [3.05, 3.63) is 0 Å². The molecule has 0 aromatic carbocycles. The number of amides is 4. The topological polar surface area (TPSA) is 81.8 Å². The van der Waals surface area contributed by atoms with E-state index in [2.05, 4.69) is 20.4 Å². The van der Waals surface area contributed by atoms with E-state index in [4.69, 9.17) is 0 Å². The summed E-state index contributed by atoms with van der Waals surface area (Å²) in [7, 11) is 0. The Morgan fingerprint density at radius 3 is 2.00 bits per heavy atom. The molecule has 2 N–H and O–H groups in total. The van der Waals surface area contributed by atoms with Crippen molar-refractivity contribution in [3.63, 3.8) is 0 Å². The number of nitrogens with one attached hydrogen (secondary N) is 2. The number of rotatable bonds is 4. The van der Waals surface area contributed by atoms with Gasteiger partial charge in [-0.05, 0) is 58.5 Å². The van der Waals surface area contributed by atoms with Crippen LogP contribution in [0.15, 0.2) is 0 Å². The van der Waals surface area contributed by atoms with Crippen molar-refractivity contribution in [2.75, 3.05) is 26.2 Å². The molecule has 1 aliphatic carbocycles. The lowest BCUT2D eigenvalue weighted by molar-refractivity contribution is -0.137. The molecular weight excluding hydrogens is 368 g/mol. The fourth-order valence-electron chi connectivity index (χ4n) is 4.93. The lowest BCUT2D eigenvalue weighted by atomic mass is 9.94. The normalized spacial score (nSPS) is 23.8. The maximum absolute atomic E-state index is 12.8. The minimum Gasteiger partial charge on any atom is -0.342 e. The SMILES string of the molecule is C[C@H](C(=O)NC(=O)NC1CCCCC1)N1CCC(C(=O)N2CCCCCC2)CC1.